The van der Waals surface area contributed by atoms with Crippen LogP contribution in [0.4, 0.5) is 0 Å². The summed E-state index contributed by atoms with van der Waals surface area (Å²) < 4.78 is 1.42. The highest BCUT2D eigenvalue weighted by Gasteiger charge is 2.34. The molecular weight excluding hydrogens is 317 g/mol. The molecular formula is C12H14INS. The minimum Gasteiger partial charge on any atom is -0.297 e. The van der Waals surface area contributed by atoms with Gasteiger partial charge in [0.1, 0.15) is 0 Å². The van der Waals surface area contributed by atoms with Gasteiger partial charge in [0.05, 0.1) is 0 Å². The van der Waals surface area contributed by atoms with Gasteiger partial charge >= 0.3 is 0 Å². The SMILES string of the molecule is CN1C2C=C(c3sccc3I)CC1CC2. The van der Waals surface area contributed by atoms with Crippen molar-refractivity contribution in [2.45, 2.75) is 31.3 Å². The predicted octanol–water partition coefficient (Wildman–Crippen LogP) is 3.60. The average molecular weight is 331 g/mol. The zero-order valence-corrected chi connectivity index (χ0v) is 11.7. The van der Waals surface area contributed by atoms with Crippen molar-refractivity contribution in [3.8, 4) is 0 Å². The van der Waals surface area contributed by atoms with Crippen LogP contribution in [-0.4, -0.2) is 24.0 Å². The van der Waals surface area contributed by atoms with Crippen molar-refractivity contribution < 1.29 is 0 Å². The molecule has 0 radical (unpaired) electrons. The first-order valence-corrected chi connectivity index (χ1v) is 7.37. The smallest absolute Gasteiger partial charge is 0.0433 e. The molecule has 1 saturated heterocycles. The zero-order valence-electron chi connectivity index (χ0n) is 8.74. The molecule has 1 fully saturated rings. The van der Waals surface area contributed by atoms with Crippen LogP contribution in [0.25, 0.3) is 5.57 Å². The molecule has 0 N–H and O–H groups in total. The molecule has 3 rings (SSSR count). The highest BCUT2D eigenvalue weighted by Crippen LogP contribution is 2.40. The molecule has 2 aliphatic rings. The van der Waals surface area contributed by atoms with E-state index in [0.717, 1.165) is 6.04 Å². The Hall–Kier alpha value is 0.130. The van der Waals surface area contributed by atoms with Gasteiger partial charge in [0.25, 0.3) is 0 Å². The topological polar surface area (TPSA) is 3.24 Å². The molecule has 80 valence electrons. The van der Waals surface area contributed by atoms with E-state index in [-0.39, 0.29) is 0 Å². The summed E-state index contributed by atoms with van der Waals surface area (Å²) in [6, 6.07) is 3.73. The minimum absolute atomic E-state index is 0.705. The van der Waals surface area contributed by atoms with Gasteiger partial charge in [0.15, 0.2) is 0 Å². The van der Waals surface area contributed by atoms with Crippen LogP contribution >= 0.6 is 33.9 Å². The fraction of sp³-hybridized carbons (Fsp3) is 0.500. The Balaban J connectivity index is 1.97. The standard InChI is InChI=1S/C12H14INS/c1-14-9-2-3-10(14)7-8(6-9)12-11(13)4-5-15-12/h4-6,9-10H,2-3,7H2,1H3. The van der Waals surface area contributed by atoms with E-state index in [1.54, 1.807) is 5.57 Å². The fourth-order valence-electron chi connectivity index (χ4n) is 2.73. The van der Waals surface area contributed by atoms with Gasteiger partial charge in [0, 0.05) is 20.5 Å². The monoisotopic (exact) mass is 331 g/mol. The van der Waals surface area contributed by atoms with E-state index in [1.807, 2.05) is 11.3 Å². The van der Waals surface area contributed by atoms with Gasteiger partial charge in [-0.2, -0.15) is 0 Å². The second kappa shape index (κ2) is 3.86. The van der Waals surface area contributed by atoms with Crippen LogP contribution in [0.15, 0.2) is 17.5 Å². The number of nitrogens with zero attached hydrogens (tertiary/aromatic N) is 1. The van der Waals surface area contributed by atoms with Crippen molar-refractivity contribution in [1.29, 1.82) is 0 Å². The molecule has 0 aromatic carbocycles. The summed E-state index contributed by atoms with van der Waals surface area (Å²) in [5, 5.41) is 2.21. The normalized spacial score (nSPS) is 30.7. The summed E-state index contributed by atoms with van der Waals surface area (Å²) in [5.74, 6) is 0. The first-order valence-electron chi connectivity index (χ1n) is 5.41. The largest absolute Gasteiger partial charge is 0.297 e. The first kappa shape index (κ1) is 10.3. The van der Waals surface area contributed by atoms with Crippen molar-refractivity contribution in [2.24, 2.45) is 0 Å². The second-order valence-corrected chi connectivity index (χ2v) is 6.54. The Labute approximate surface area is 108 Å². The summed E-state index contributed by atoms with van der Waals surface area (Å²) in [6.45, 7) is 0. The molecule has 0 aliphatic carbocycles. The highest BCUT2D eigenvalue weighted by atomic mass is 127. The molecule has 0 spiro atoms. The highest BCUT2D eigenvalue weighted by molar-refractivity contribution is 14.1. The van der Waals surface area contributed by atoms with E-state index < -0.39 is 0 Å². The Morgan fingerprint density at radius 1 is 1.47 bits per heavy atom. The van der Waals surface area contributed by atoms with Crippen LogP contribution in [0, 0.1) is 3.57 Å². The van der Waals surface area contributed by atoms with Gasteiger partial charge < -0.3 is 0 Å². The minimum atomic E-state index is 0.705. The maximum Gasteiger partial charge on any atom is 0.0433 e. The van der Waals surface area contributed by atoms with Crippen molar-refractivity contribution in [3.63, 3.8) is 0 Å². The Morgan fingerprint density at radius 2 is 2.33 bits per heavy atom. The number of hydrogen-bond acceptors (Lipinski definition) is 2. The summed E-state index contributed by atoms with van der Waals surface area (Å²) in [7, 11) is 2.27. The maximum atomic E-state index is 2.55. The second-order valence-electron chi connectivity index (χ2n) is 4.46. The van der Waals surface area contributed by atoms with Gasteiger partial charge in [-0.1, -0.05) is 6.08 Å². The summed E-state index contributed by atoms with van der Waals surface area (Å²) >= 11 is 4.35. The fourth-order valence-corrected chi connectivity index (χ4v) is 4.71. The van der Waals surface area contributed by atoms with Crippen molar-refractivity contribution >= 4 is 39.5 Å². The number of thiophene rings is 1. The average Bonchev–Trinajstić information content (AvgIpc) is 2.70. The zero-order chi connectivity index (χ0) is 10.4. The molecule has 3 heteroatoms. The van der Waals surface area contributed by atoms with Crippen molar-refractivity contribution in [3.05, 3.63) is 26.0 Å². The van der Waals surface area contributed by atoms with Crippen LogP contribution in [0.3, 0.4) is 0 Å². The molecule has 2 aliphatic heterocycles. The molecule has 2 bridgehead atoms. The number of fused-ring (bicyclic) bond motifs is 2. The van der Waals surface area contributed by atoms with Gasteiger partial charge in [-0.05, 0) is 65.9 Å². The third kappa shape index (κ3) is 1.68. The van der Waals surface area contributed by atoms with Crippen molar-refractivity contribution in [2.75, 3.05) is 7.05 Å². The number of hydrogen-bond donors (Lipinski definition) is 0. The lowest BCUT2D eigenvalue weighted by Crippen LogP contribution is -2.34. The molecule has 3 heterocycles. The van der Waals surface area contributed by atoms with E-state index in [2.05, 4.69) is 52.1 Å². The molecule has 0 amide bonds. The van der Waals surface area contributed by atoms with Gasteiger partial charge in [0.2, 0.25) is 0 Å². The number of halogens is 1. The molecule has 1 aromatic heterocycles. The van der Waals surface area contributed by atoms with Gasteiger partial charge in [-0.15, -0.1) is 11.3 Å². The van der Waals surface area contributed by atoms with Gasteiger partial charge in [-0.25, -0.2) is 0 Å². The van der Waals surface area contributed by atoms with Crippen LogP contribution in [0.2, 0.25) is 0 Å². The van der Waals surface area contributed by atoms with Crippen LogP contribution < -0.4 is 0 Å². The van der Waals surface area contributed by atoms with E-state index >= 15 is 0 Å². The number of likely N-dealkylation sites (N-methyl/N-ethyl adjacent to an activating group) is 1. The van der Waals surface area contributed by atoms with Crippen LogP contribution in [0.5, 0.6) is 0 Å². The lowest BCUT2D eigenvalue weighted by Gasteiger charge is -2.30. The molecule has 0 saturated carbocycles. The van der Waals surface area contributed by atoms with E-state index in [9.17, 15) is 0 Å². The molecule has 2 unspecified atom stereocenters. The number of rotatable bonds is 1. The van der Waals surface area contributed by atoms with E-state index in [4.69, 9.17) is 0 Å². The van der Waals surface area contributed by atoms with Crippen LogP contribution in [0.1, 0.15) is 24.1 Å². The summed E-state index contributed by atoms with van der Waals surface area (Å²) in [6.07, 6.45) is 6.48. The van der Waals surface area contributed by atoms with E-state index in [1.165, 1.54) is 27.7 Å². The van der Waals surface area contributed by atoms with Crippen molar-refractivity contribution in [1.82, 2.24) is 4.90 Å². The molecule has 2 atom stereocenters. The maximum absolute atomic E-state index is 2.55. The lowest BCUT2D eigenvalue weighted by atomic mass is 10.0. The third-order valence-electron chi connectivity index (χ3n) is 3.65. The predicted molar refractivity (Wildman–Crippen MR) is 74.2 cm³/mol. The van der Waals surface area contributed by atoms with E-state index in [0.29, 0.717) is 6.04 Å². The molecule has 1 aromatic rings. The summed E-state index contributed by atoms with van der Waals surface area (Å²) in [4.78, 5) is 4.06. The first-order chi connectivity index (χ1) is 7.25. The molecule has 15 heavy (non-hydrogen) atoms. The molecule has 1 nitrogen and oxygen atoms in total. The Morgan fingerprint density at radius 3 is 3.00 bits per heavy atom. The van der Waals surface area contributed by atoms with Gasteiger partial charge in [-0.3, -0.25) is 4.90 Å². The lowest BCUT2D eigenvalue weighted by molar-refractivity contribution is 0.264. The Bertz CT molecular complexity index is 410. The quantitative estimate of drug-likeness (QED) is 0.711. The third-order valence-corrected chi connectivity index (χ3v) is 5.91. The Kier molecular flexibility index (Phi) is 2.65. The summed E-state index contributed by atoms with van der Waals surface area (Å²) in [5.41, 5.74) is 1.60. The van der Waals surface area contributed by atoms with Crippen LogP contribution in [-0.2, 0) is 0 Å².